The third-order valence-electron chi connectivity index (χ3n) is 3.54. The monoisotopic (exact) mass is 361 g/mol. The smallest absolute Gasteiger partial charge is 0.321 e. The van der Waals surface area contributed by atoms with Crippen LogP contribution in [-0.2, 0) is 0 Å². The summed E-state index contributed by atoms with van der Waals surface area (Å²) in [6.07, 6.45) is 0. The molecule has 7 heteroatoms. The Hall–Kier alpha value is -2.37. The summed E-state index contributed by atoms with van der Waals surface area (Å²) in [5, 5.41) is 8.76. The molecule has 0 aliphatic heterocycles. The molecule has 24 heavy (non-hydrogen) atoms. The van der Waals surface area contributed by atoms with Crippen molar-refractivity contribution in [1.29, 1.82) is 0 Å². The van der Waals surface area contributed by atoms with Crippen LogP contribution in [0.1, 0.15) is 21.7 Å². The molecule has 122 valence electrons. The van der Waals surface area contributed by atoms with E-state index in [1.807, 2.05) is 0 Å². The number of ketones is 1. The Morgan fingerprint density at radius 1 is 1.08 bits per heavy atom. The van der Waals surface area contributed by atoms with Gasteiger partial charge in [-0.2, -0.15) is 0 Å². The molecular formula is C17H13Cl2N3O2. The summed E-state index contributed by atoms with van der Waals surface area (Å²) >= 11 is 12.3. The van der Waals surface area contributed by atoms with Gasteiger partial charge < -0.3 is 4.74 Å². The molecule has 1 aromatic heterocycles. The zero-order valence-electron chi connectivity index (χ0n) is 13.0. The van der Waals surface area contributed by atoms with E-state index in [4.69, 9.17) is 27.9 Å². The predicted octanol–water partition coefficient (Wildman–Crippen LogP) is 4.12. The van der Waals surface area contributed by atoms with Gasteiger partial charge in [0.05, 0.1) is 17.8 Å². The minimum atomic E-state index is -0.242. The first-order valence-electron chi connectivity index (χ1n) is 7.08. The molecule has 0 N–H and O–H groups in total. The van der Waals surface area contributed by atoms with Crippen molar-refractivity contribution in [3.8, 4) is 11.7 Å². The van der Waals surface area contributed by atoms with Gasteiger partial charge in [-0.1, -0.05) is 40.4 Å². The lowest BCUT2D eigenvalue weighted by Gasteiger charge is -2.13. The largest absolute Gasteiger partial charge is 0.467 e. The fourth-order valence-corrected chi connectivity index (χ4v) is 2.82. The fraction of sp³-hybridized carbons (Fsp3) is 0.118. The van der Waals surface area contributed by atoms with Gasteiger partial charge in [-0.25, -0.2) is 4.57 Å². The minimum absolute atomic E-state index is 0.242. The lowest BCUT2D eigenvalue weighted by atomic mass is 10.0. The summed E-state index contributed by atoms with van der Waals surface area (Å²) in [4.78, 5) is 13.0. The Kier molecular flexibility index (Phi) is 4.55. The molecule has 3 aromatic rings. The second kappa shape index (κ2) is 6.63. The SMILES string of the molecule is COc1nnc(C)n1-c1ccc(Cl)cc1C(=O)c1ccccc1Cl. The van der Waals surface area contributed by atoms with E-state index in [-0.39, 0.29) is 11.8 Å². The molecule has 3 rings (SSSR count). The number of hydrogen-bond acceptors (Lipinski definition) is 4. The van der Waals surface area contributed by atoms with Crippen LogP contribution in [0, 0.1) is 6.92 Å². The van der Waals surface area contributed by atoms with Crippen LogP contribution in [-0.4, -0.2) is 27.7 Å². The first kappa shape index (κ1) is 16.5. The molecular weight excluding hydrogens is 349 g/mol. The van der Waals surface area contributed by atoms with Crippen LogP contribution in [0.3, 0.4) is 0 Å². The Morgan fingerprint density at radius 3 is 2.54 bits per heavy atom. The standard InChI is InChI=1S/C17H13Cl2N3O2/c1-10-20-21-17(24-2)22(10)15-8-7-11(18)9-13(15)16(23)12-5-3-4-6-14(12)19/h3-9H,1-2H3. The van der Waals surface area contributed by atoms with Crippen molar-refractivity contribution in [3.05, 3.63) is 69.5 Å². The zero-order chi connectivity index (χ0) is 17.3. The second-order valence-electron chi connectivity index (χ2n) is 5.04. The molecule has 5 nitrogen and oxygen atoms in total. The van der Waals surface area contributed by atoms with Gasteiger partial charge in [-0.15, -0.1) is 5.10 Å². The third-order valence-corrected chi connectivity index (χ3v) is 4.11. The van der Waals surface area contributed by atoms with E-state index in [9.17, 15) is 4.79 Å². The summed E-state index contributed by atoms with van der Waals surface area (Å²) in [6, 6.07) is 12.2. The van der Waals surface area contributed by atoms with Crippen LogP contribution in [0.4, 0.5) is 0 Å². The molecule has 0 unspecified atom stereocenters. The minimum Gasteiger partial charge on any atom is -0.467 e. The third kappa shape index (κ3) is 2.88. The van der Waals surface area contributed by atoms with Crippen LogP contribution in [0.5, 0.6) is 6.01 Å². The summed E-state index contributed by atoms with van der Waals surface area (Å²) in [5.41, 5.74) is 1.35. The number of rotatable bonds is 4. The second-order valence-corrected chi connectivity index (χ2v) is 5.88. The van der Waals surface area contributed by atoms with Crippen LogP contribution in [0.2, 0.25) is 10.0 Å². The Bertz CT molecular complexity index is 922. The first-order chi connectivity index (χ1) is 11.5. The Labute approximate surface area is 148 Å². The number of halogens is 2. The van der Waals surface area contributed by atoms with Crippen LogP contribution < -0.4 is 4.74 Å². The Balaban J connectivity index is 2.22. The molecule has 0 saturated heterocycles. The highest BCUT2D eigenvalue weighted by Gasteiger charge is 2.21. The number of nitrogens with zero attached hydrogens (tertiary/aromatic N) is 3. The molecule has 0 fully saturated rings. The number of aromatic nitrogens is 3. The van der Waals surface area contributed by atoms with Gasteiger partial charge in [0.15, 0.2) is 5.78 Å². The van der Waals surface area contributed by atoms with Crippen LogP contribution in [0.25, 0.3) is 5.69 Å². The number of benzene rings is 2. The quantitative estimate of drug-likeness (QED) is 0.655. The highest BCUT2D eigenvalue weighted by molar-refractivity contribution is 6.35. The molecule has 0 bridgehead atoms. The van der Waals surface area contributed by atoms with E-state index >= 15 is 0 Å². The number of methoxy groups -OCH3 is 1. The summed E-state index contributed by atoms with van der Waals surface area (Å²) in [6.45, 7) is 1.77. The van der Waals surface area contributed by atoms with E-state index in [0.29, 0.717) is 32.7 Å². The lowest BCUT2D eigenvalue weighted by Crippen LogP contribution is -2.10. The molecule has 0 amide bonds. The zero-order valence-corrected chi connectivity index (χ0v) is 14.5. The summed E-state index contributed by atoms with van der Waals surface area (Å²) in [7, 11) is 1.49. The highest BCUT2D eigenvalue weighted by atomic mass is 35.5. The van der Waals surface area contributed by atoms with Crippen molar-refractivity contribution in [2.75, 3.05) is 7.11 Å². The van der Waals surface area contributed by atoms with Crippen LogP contribution >= 0.6 is 23.2 Å². The molecule has 0 atom stereocenters. The summed E-state index contributed by atoms with van der Waals surface area (Å²) in [5.74, 6) is 0.343. The van der Waals surface area contributed by atoms with Crippen molar-refractivity contribution in [2.24, 2.45) is 0 Å². The number of carbonyl (C=O) groups excluding carboxylic acids is 1. The lowest BCUT2D eigenvalue weighted by molar-refractivity contribution is 0.103. The van der Waals surface area contributed by atoms with Crippen molar-refractivity contribution in [1.82, 2.24) is 14.8 Å². The van der Waals surface area contributed by atoms with Gasteiger partial charge in [-0.05, 0) is 37.3 Å². The molecule has 0 spiro atoms. The average molecular weight is 362 g/mol. The van der Waals surface area contributed by atoms with E-state index < -0.39 is 0 Å². The first-order valence-corrected chi connectivity index (χ1v) is 7.83. The van der Waals surface area contributed by atoms with E-state index in [2.05, 4.69) is 10.2 Å². The molecule has 1 heterocycles. The highest BCUT2D eigenvalue weighted by Crippen LogP contribution is 2.28. The van der Waals surface area contributed by atoms with Crippen molar-refractivity contribution < 1.29 is 9.53 Å². The average Bonchev–Trinajstić information content (AvgIpc) is 2.95. The maximum absolute atomic E-state index is 13.0. The van der Waals surface area contributed by atoms with E-state index in [0.717, 1.165) is 0 Å². The van der Waals surface area contributed by atoms with Crippen LogP contribution in [0.15, 0.2) is 42.5 Å². The molecule has 2 aromatic carbocycles. The molecule has 0 saturated carbocycles. The number of hydrogen-bond donors (Lipinski definition) is 0. The number of ether oxygens (including phenoxy) is 1. The van der Waals surface area contributed by atoms with Crippen molar-refractivity contribution in [3.63, 3.8) is 0 Å². The molecule has 0 aliphatic carbocycles. The maximum Gasteiger partial charge on any atom is 0.321 e. The van der Waals surface area contributed by atoms with Gasteiger partial charge in [-0.3, -0.25) is 4.79 Å². The van der Waals surface area contributed by atoms with Gasteiger partial charge in [0.25, 0.3) is 0 Å². The molecule has 0 aliphatic rings. The topological polar surface area (TPSA) is 57.0 Å². The summed E-state index contributed by atoms with van der Waals surface area (Å²) < 4.78 is 6.89. The van der Waals surface area contributed by atoms with Gasteiger partial charge >= 0.3 is 6.01 Å². The van der Waals surface area contributed by atoms with Gasteiger partial charge in [0.2, 0.25) is 0 Å². The van der Waals surface area contributed by atoms with Crippen molar-refractivity contribution >= 4 is 29.0 Å². The van der Waals surface area contributed by atoms with Crippen molar-refractivity contribution in [2.45, 2.75) is 6.92 Å². The van der Waals surface area contributed by atoms with Gasteiger partial charge in [0, 0.05) is 16.1 Å². The number of carbonyl (C=O) groups is 1. The molecule has 0 radical (unpaired) electrons. The predicted molar refractivity (Wildman–Crippen MR) is 92.5 cm³/mol. The fourth-order valence-electron chi connectivity index (χ4n) is 2.43. The van der Waals surface area contributed by atoms with E-state index in [1.54, 1.807) is 54.0 Å². The Morgan fingerprint density at radius 2 is 1.83 bits per heavy atom. The van der Waals surface area contributed by atoms with E-state index in [1.165, 1.54) is 7.11 Å². The number of aryl methyl sites for hydroxylation is 1. The van der Waals surface area contributed by atoms with Gasteiger partial charge in [0.1, 0.15) is 5.82 Å². The maximum atomic E-state index is 13.0. The normalized spacial score (nSPS) is 10.7.